The third-order valence-corrected chi connectivity index (χ3v) is 3.68. The second-order valence-corrected chi connectivity index (χ2v) is 5.10. The van der Waals surface area contributed by atoms with Crippen molar-refractivity contribution in [1.29, 1.82) is 0 Å². The first-order valence-electron chi connectivity index (χ1n) is 6.52. The van der Waals surface area contributed by atoms with Crippen LogP contribution < -0.4 is 14.8 Å². The summed E-state index contributed by atoms with van der Waals surface area (Å²) in [6.07, 6.45) is 0. The number of benzene rings is 2. The summed E-state index contributed by atoms with van der Waals surface area (Å²) in [5, 5.41) is 3.38. The second-order valence-electron chi connectivity index (χ2n) is 4.24. The molecular weight excluding hydrogens is 318 g/mol. The molecule has 0 saturated heterocycles. The highest BCUT2D eigenvalue weighted by Crippen LogP contribution is 2.30. The molecule has 0 unspecified atom stereocenters. The van der Waals surface area contributed by atoms with Crippen LogP contribution in [0.15, 0.2) is 46.9 Å². The molecule has 0 fully saturated rings. The Morgan fingerprint density at radius 3 is 2.60 bits per heavy atom. The first kappa shape index (κ1) is 14.7. The van der Waals surface area contributed by atoms with Crippen molar-refractivity contribution in [3.8, 4) is 11.5 Å². The van der Waals surface area contributed by atoms with E-state index in [-0.39, 0.29) is 0 Å². The summed E-state index contributed by atoms with van der Waals surface area (Å²) in [5.74, 6) is 1.51. The van der Waals surface area contributed by atoms with Crippen molar-refractivity contribution in [3.63, 3.8) is 0 Å². The van der Waals surface area contributed by atoms with Crippen molar-refractivity contribution >= 4 is 21.6 Å². The Balaban J connectivity index is 2.08. The van der Waals surface area contributed by atoms with Crippen molar-refractivity contribution < 1.29 is 9.47 Å². The number of hydrogen-bond donors (Lipinski definition) is 1. The summed E-state index contributed by atoms with van der Waals surface area (Å²) in [6.45, 7) is 3.33. The molecule has 106 valence electrons. The quantitative estimate of drug-likeness (QED) is 0.844. The van der Waals surface area contributed by atoms with Crippen molar-refractivity contribution in [3.05, 3.63) is 52.5 Å². The van der Waals surface area contributed by atoms with Gasteiger partial charge in [0.05, 0.1) is 13.7 Å². The van der Waals surface area contributed by atoms with Crippen molar-refractivity contribution in [2.75, 3.05) is 19.0 Å². The molecule has 0 bridgehead atoms. The molecule has 2 rings (SSSR count). The molecule has 4 heteroatoms. The summed E-state index contributed by atoms with van der Waals surface area (Å²) in [5.41, 5.74) is 2.21. The molecule has 2 aromatic carbocycles. The van der Waals surface area contributed by atoms with Crippen LogP contribution in [0.1, 0.15) is 12.5 Å². The van der Waals surface area contributed by atoms with Crippen LogP contribution in [0.2, 0.25) is 0 Å². The van der Waals surface area contributed by atoms with E-state index in [1.54, 1.807) is 7.11 Å². The molecule has 0 aromatic heterocycles. The minimum absolute atomic E-state index is 0.625. The first-order valence-corrected chi connectivity index (χ1v) is 7.32. The highest BCUT2D eigenvalue weighted by molar-refractivity contribution is 9.10. The molecule has 0 aliphatic heterocycles. The standard InChI is InChI=1S/C16H18BrNO2/c1-3-20-15-9-8-13(10-16(15)19-2)18-11-12-6-4-5-7-14(12)17/h4-10,18H,3,11H2,1-2H3. The second kappa shape index (κ2) is 7.20. The lowest BCUT2D eigenvalue weighted by Gasteiger charge is -2.13. The normalized spacial score (nSPS) is 10.2. The van der Waals surface area contributed by atoms with Crippen LogP contribution in [-0.2, 0) is 6.54 Å². The lowest BCUT2D eigenvalue weighted by Crippen LogP contribution is -2.01. The number of anilines is 1. The van der Waals surface area contributed by atoms with Crippen LogP contribution >= 0.6 is 15.9 Å². The fourth-order valence-electron chi connectivity index (χ4n) is 1.89. The predicted molar refractivity (Wildman–Crippen MR) is 85.6 cm³/mol. The highest BCUT2D eigenvalue weighted by atomic mass is 79.9. The number of ether oxygens (including phenoxy) is 2. The average Bonchev–Trinajstić information content (AvgIpc) is 2.48. The number of hydrogen-bond acceptors (Lipinski definition) is 3. The SMILES string of the molecule is CCOc1ccc(NCc2ccccc2Br)cc1OC. The Bertz CT molecular complexity index is 572. The van der Waals surface area contributed by atoms with Gasteiger partial charge in [-0.2, -0.15) is 0 Å². The maximum atomic E-state index is 5.50. The zero-order valence-electron chi connectivity index (χ0n) is 11.7. The van der Waals surface area contributed by atoms with Crippen molar-refractivity contribution in [1.82, 2.24) is 0 Å². The van der Waals surface area contributed by atoms with Gasteiger partial charge in [0.15, 0.2) is 11.5 Å². The molecule has 0 radical (unpaired) electrons. The molecule has 1 N–H and O–H groups in total. The van der Waals surface area contributed by atoms with E-state index in [1.807, 2.05) is 43.3 Å². The summed E-state index contributed by atoms with van der Waals surface area (Å²) in [6, 6.07) is 14.0. The third kappa shape index (κ3) is 3.67. The zero-order chi connectivity index (χ0) is 14.4. The van der Waals surface area contributed by atoms with E-state index in [0.717, 1.165) is 28.2 Å². The molecule has 0 saturated carbocycles. The van der Waals surface area contributed by atoms with Crippen molar-refractivity contribution in [2.45, 2.75) is 13.5 Å². The lowest BCUT2D eigenvalue weighted by atomic mass is 10.2. The number of halogens is 1. The minimum Gasteiger partial charge on any atom is -0.493 e. The Kier molecular flexibility index (Phi) is 5.30. The van der Waals surface area contributed by atoms with Crippen LogP contribution in [0.4, 0.5) is 5.69 Å². The van der Waals surface area contributed by atoms with Crippen LogP contribution in [0.25, 0.3) is 0 Å². The number of rotatable bonds is 6. The fourth-order valence-corrected chi connectivity index (χ4v) is 2.32. The van der Waals surface area contributed by atoms with E-state index in [2.05, 4.69) is 27.3 Å². The third-order valence-electron chi connectivity index (χ3n) is 2.90. The molecule has 0 amide bonds. The van der Waals surface area contributed by atoms with Gasteiger partial charge < -0.3 is 14.8 Å². The maximum Gasteiger partial charge on any atom is 0.162 e. The summed E-state index contributed by atoms with van der Waals surface area (Å²) >= 11 is 3.55. The van der Waals surface area contributed by atoms with Gasteiger partial charge in [-0.05, 0) is 30.7 Å². The average molecular weight is 336 g/mol. The Labute approximate surface area is 128 Å². The highest BCUT2D eigenvalue weighted by Gasteiger charge is 2.05. The van der Waals surface area contributed by atoms with E-state index < -0.39 is 0 Å². The molecule has 0 heterocycles. The van der Waals surface area contributed by atoms with Gasteiger partial charge in [-0.3, -0.25) is 0 Å². The van der Waals surface area contributed by atoms with Gasteiger partial charge in [0.25, 0.3) is 0 Å². The van der Waals surface area contributed by atoms with Crippen LogP contribution in [0.3, 0.4) is 0 Å². The predicted octanol–water partition coefficient (Wildman–Crippen LogP) is 4.47. The summed E-state index contributed by atoms with van der Waals surface area (Å²) in [7, 11) is 1.65. The van der Waals surface area contributed by atoms with Crippen molar-refractivity contribution in [2.24, 2.45) is 0 Å². The first-order chi connectivity index (χ1) is 9.74. The molecule has 2 aromatic rings. The van der Waals surface area contributed by atoms with Crippen LogP contribution in [0.5, 0.6) is 11.5 Å². The lowest BCUT2D eigenvalue weighted by molar-refractivity contribution is 0.311. The minimum atomic E-state index is 0.625. The number of nitrogens with one attached hydrogen (secondary N) is 1. The Hall–Kier alpha value is -1.68. The van der Waals surface area contributed by atoms with Gasteiger partial charge in [0.2, 0.25) is 0 Å². The molecular formula is C16H18BrNO2. The summed E-state index contributed by atoms with van der Waals surface area (Å²) < 4.78 is 11.9. The van der Waals surface area contributed by atoms with Gasteiger partial charge in [-0.1, -0.05) is 34.1 Å². The van der Waals surface area contributed by atoms with E-state index in [0.29, 0.717) is 6.61 Å². The van der Waals surface area contributed by atoms with Gasteiger partial charge >= 0.3 is 0 Å². The van der Waals surface area contributed by atoms with Gasteiger partial charge in [0.1, 0.15) is 0 Å². The molecule has 0 spiro atoms. The van der Waals surface area contributed by atoms with E-state index >= 15 is 0 Å². The molecule has 3 nitrogen and oxygen atoms in total. The van der Waals surface area contributed by atoms with E-state index in [9.17, 15) is 0 Å². The largest absolute Gasteiger partial charge is 0.493 e. The molecule has 0 atom stereocenters. The topological polar surface area (TPSA) is 30.5 Å². The maximum absolute atomic E-state index is 5.50. The smallest absolute Gasteiger partial charge is 0.162 e. The molecule has 0 aliphatic carbocycles. The summed E-state index contributed by atoms with van der Waals surface area (Å²) in [4.78, 5) is 0. The fraction of sp³-hybridized carbons (Fsp3) is 0.250. The van der Waals surface area contributed by atoms with Gasteiger partial charge in [0, 0.05) is 22.8 Å². The Morgan fingerprint density at radius 1 is 1.10 bits per heavy atom. The van der Waals surface area contributed by atoms with E-state index in [1.165, 1.54) is 5.56 Å². The zero-order valence-corrected chi connectivity index (χ0v) is 13.2. The number of methoxy groups -OCH3 is 1. The van der Waals surface area contributed by atoms with Gasteiger partial charge in [-0.25, -0.2) is 0 Å². The van der Waals surface area contributed by atoms with Crippen LogP contribution in [-0.4, -0.2) is 13.7 Å². The van der Waals surface area contributed by atoms with E-state index in [4.69, 9.17) is 9.47 Å². The van der Waals surface area contributed by atoms with Gasteiger partial charge in [-0.15, -0.1) is 0 Å². The van der Waals surface area contributed by atoms with Crippen LogP contribution in [0, 0.1) is 0 Å². The monoisotopic (exact) mass is 335 g/mol. The molecule has 0 aliphatic rings. The Morgan fingerprint density at radius 2 is 1.90 bits per heavy atom. The molecule has 20 heavy (non-hydrogen) atoms.